The Morgan fingerprint density at radius 2 is 2.04 bits per heavy atom. The molecule has 1 fully saturated rings. The summed E-state index contributed by atoms with van der Waals surface area (Å²) in [6, 6.07) is 10.6. The molecule has 3 aromatic rings. The Morgan fingerprint density at radius 3 is 2.81 bits per heavy atom. The highest BCUT2D eigenvalue weighted by Gasteiger charge is 2.24. The van der Waals surface area contributed by atoms with E-state index in [1.165, 1.54) is 24.2 Å². The van der Waals surface area contributed by atoms with Gasteiger partial charge in [0.15, 0.2) is 0 Å². The number of methoxy groups -OCH3 is 1. The number of hydrogen-bond acceptors (Lipinski definition) is 4. The average molecular weight is 365 g/mol. The van der Waals surface area contributed by atoms with E-state index >= 15 is 0 Å². The van der Waals surface area contributed by atoms with Crippen molar-refractivity contribution in [1.29, 1.82) is 0 Å². The van der Waals surface area contributed by atoms with Gasteiger partial charge in [-0.15, -0.1) is 0 Å². The number of piperidine rings is 1. The minimum Gasteiger partial charge on any atom is -0.383 e. The minimum atomic E-state index is 0.494. The SMILES string of the molecule is COCCn1ccnc1C1CCCN(Cc2ccc(-n3cccn3)cc2)C1. The van der Waals surface area contributed by atoms with Crippen LogP contribution >= 0.6 is 0 Å². The van der Waals surface area contributed by atoms with Crippen LogP contribution in [-0.2, 0) is 17.8 Å². The summed E-state index contributed by atoms with van der Waals surface area (Å²) < 4.78 is 9.36. The summed E-state index contributed by atoms with van der Waals surface area (Å²) in [6.07, 6.45) is 10.2. The first-order valence-electron chi connectivity index (χ1n) is 9.65. The molecule has 1 aliphatic heterocycles. The van der Waals surface area contributed by atoms with Gasteiger partial charge in [-0.25, -0.2) is 9.67 Å². The molecule has 0 aliphatic carbocycles. The number of nitrogens with zero attached hydrogens (tertiary/aromatic N) is 5. The Hall–Kier alpha value is -2.44. The van der Waals surface area contributed by atoms with E-state index in [-0.39, 0.29) is 0 Å². The molecule has 6 heteroatoms. The van der Waals surface area contributed by atoms with Gasteiger partial charge in [0.05, 0.1) is 12.3 Å². The second-order valence-electron chi connectivity index (χ2n) is 7.16. The topological polar surface area (TPSA) is 48.1 Å². The quantitative estimate of drug-likeness (QED) is 0.646. The van der Waals surface area contributed by atoms with Crippen molar-refractivity contribution < 1.29 is 4.74 Å². The maximum absolute atomic E-state index is 5.23. The third kappa shape index (κ3) is 4.28. The number of benzene rings is 1. The van der Waals surface area contributed by atoms with Gasteiger partial charge >= 0.3 is 0 Å². The van der Waals surface area contributed by atoms with Crippen molar-refractivity contribution in [3.63, 3.8) is 0 Å². The lowest BCUT2D eigenvalue weighted by Gasteiger charge is -2.32. The van der Waals surface area contributed by atoms with Gasteiger partial charge in [-0.05, 0) is 43.1 Å². The normalized spacial score (nSPS) is 18.0. The summed E-state index contributed by atoms with van der Waals surface area (Å²) in [5, 5.41) is 4.29. The molecule has 27 heavy (non-hydrogen) atoms. The molecule has 1 aromatic carbocycles. The number of rotatable bonds is 7. The smallest absolute Gasteiger partial charge is 0.113 e. The standard InChI is InChI=1S/C21H27N5O/c1-27-15-14-25-13-10-22-21(25)19-4-2-11-24(17-19)16-18-5-7-20(8-6-18)26-12-3-9-23-26/h3,5-10,12-13,19H,2,4,11,14-17H2,1H3. The molecule has 1 unspecified atom stereocenters. The molecule has 0 saturated carbocycles. The fourth-order valence-electron chi connectivity index (χ4n) is 3.90. The highest BCUT2D eigenvalue weighted by Crippen LogP contribution is 2.27. The lowest BCUT2D eigenvalue weighted by Crippen LogP contribution is -2.35. The molecule has 0 radical (unpaired) electrons. The van der Waals surface area contributed by atoms with E-state index in [4.69, 9.17) is 4.74 Å². The maximum atomic E-state index is 5.23. The summed E-state index contributed by atoms with van der Waals surface area (Å²) >= 11 is 0. The largest absolute Gasteiger partial charge is 0.383 e. The first-order valence-corrected chi connectivity index (χ1v) is 9.65. The molecule has 0 amide bonds. The van der Waals surface area contributed by atoms with Crippen LogP contribution in [0.5, 0.6) is 0 Å². The Morgan fingerprint density at radius 1 is 1.15 bits per heavy atom. The minimum absolute atomic E-state index is 0.494. The molecule has 2 aromatic heterocycles. The molecule has 6 nitrogen and oxygen atoms in total. The molecular weight excluding hydrogens is 338 g/mol. The van der Waals surface area contributed by atoms with Gasteiger partial charge in [-0.2, -0.15) is 5.10 Å². The summed E-state index contributed by atoms with van der Waals surface area (Å²) in [6.45, 7) is 4.79. The molecule has 1 saturated heterocycles. The zero-order chi connectivity index (χ0) is 18.5. The summed E-state index contributed by atoms with van der Waals surface area (Å²) in [5.41, 5.74) is 2.44. The lowest BCUT2D eigenvalue weighted by molar-refractivity contribution is 0.177. The van der Waals surface area contributed by atoms with Crippen LogP contribution in [0.2, 0.25) is 0 Å². The molecule has 0 bridgehead atoms. The highest BCUT2D eigenvalue weighted by atomic mass is 16.5. The van der Waals surface area contributed by atoms with Crippen LogP contribution in [-0.4, -0.2) is 51.0 Å². The van der Waals surface area contributed by atoms with Gasteiger partial charge in [0.1, 0.15) is 5.82 Å². The summed E-state index contributed by atoms with van der Waals surface area (Å²) in [4.78, 5) is 7.19. The first kappa shape index (κ1) is 17.9. The molecule has 1 atom stereocenters. The van der Waals surface area contributed by atoms with E-state index in [0.717, 1.165) is 38.5 Å². The zero-order valence-electron chi connectivity index (χ0n) is 15.9. The number of ether oxygens (including phenoxy) is 1. The van der Waals surface area contributed by atoms with Gasteiger partial charge in [0.25, 0.3) is 0 Å². The van der Waals surface area contributed by atoms with Crippen molar-refractivity contribution >= 4 is 0 Å². The van der Waals surface area contributed by atoms with Crippen molar-refractivity contribution in [3.05, 3.63) is 66.5 Å². The Bertz CT molecular complexity index is 825. The summed E-state index contributed by atoms with van der Waals surface area (Å²) in [5.74, 6) is 1.69. The molecule has 0 spiro atoms. The number of hydrogen-bond donors (Lipinski definition) is 0. The van der Waals surface area contributed by atoms with Gasteiger partial charge in [-0.1, -0.05) is 12.1 Å². The van der Waals surface area contributed by atoms with Gasteiger partial charge < -0.3 is 9.30 Å². The predicted molar refractivity (Wildman–Crippen MR) is 105 cm³/mol. The van der Waals surface area contributed by atoms with Crippen LogP contribution in [0.15, 0.2) is 55.1 Å². The van der Waals surface area contributed by atoms with E-state index < -0.39 is 0 Å². The average Bonchev–Trinajstić information content (AvgIpc) is 3.39. The molecule has 0 N–H and O–H groups in total. The van der Waals surface area contributed by atoms with Crippen molar-refractivity contribution in [2.45, 2.75) is 31.8 Å². The number of aromatic nitrogens is 4. The van der Waals surface area contributed by atoms with Crippen LogP contribution in [0, 0.1) is 0 Å². The van der Waals surface area contributed by atoms with E-state index in [9.17, 15) is 0 Å². The first-order chi connectivity index (χ1) is 13.3. The van der Waals surface area contributed by atoms with Crippen LogP contribution in [0.25, 0.3) is 5.69 Å². The molecule has 142 valence electrons. The Labute approximate surface area is 160 Å². The molecule has 1 aliphatic rings. The zero-order valence-corrected chi connectivity index (χ0v) is 15.9. The molecule has 4 rings (SSSR count). The highest BCUT2D eigenvalue weighted by molar-refractivity contribution is 5.33. The maximum Gasteiger partial charge on any atom is 0.113 e. The van der Waals surface area contributed by atoms with Crippen LogP contribution in [0.1, 0.15) is 30.1 Å². The van der Waals surface area contributed by atoms with Crippen LogP contribution in [0.3, 0.4) is 0 Å². The van der Waals surface area contributed by atoms with E-state index in [1.807, 2.05) is 23.1 Å². The monoisotopic (exact) mass is 365 g/mol. The Kier molecular flexibility index (Phi) is 5.65. The molecular formula is C21H27N5O. The summed E-state index contributed by atoms with van der Waals surface area (Å²) in [7, 11) is 1.75. The second kappa shape index (κ2) is 8.50. The van der Waals surface area contributed by atoms with Crippen molar-refractivity contribution in [1.82, 2.24) is 24.2 Å². The van der Waals surface area contributed by atoms with Crippen molar-refractivity contribution in [2.24, 2.45) is 0 Å². The second-order valence-corrected chi connectivity index (χ2v) is 7.16. The third-order valence-corrected chi connectivity index (χ3v) is 5.27. The lowest BCUT2D eigenvalue weighted by atomic mass is 9.96. The van der Waals surface area contributed by atoms with Crippen LogP contribution in [0.4, 0.5) is 0 Å². The van der Waals surface area contributed by atoms with E-state index in [0.29, 0.717) is 5.92 Å². The fraction of sp³-hybridized carbons (Fsp3) is 0.429. The Balaban J connectivity index is 1.39. The fourth-order valence-corrected chi connectivity index (χ4v) is 3.90. The number of imidazole rings is 1. The van der Waals surface area contributed by atoms with Crippen LogP contribution < -0.4 is 0 Å². The van der Waals surface area contributed by atoms with E-state index in [1.54, 1.807) is 13.3 Å². The predicted octanol–water partition coefficient (Wildman–Crippen LogP) is 3.09. The van der Waals surface area contributed by atoms with Gasteiger partial charge in [0.2, 0.25) is 0 Å². The van der Waals surface area contributed by atoms with E-state index in [2.05, 4.69) is 50.0 Å². The van der Waals surface area contributed by atoms with Gasteiger partial charge in [-0.3, -0.25) is 4.90 Å². The van der Waals surface area contributed by atoms with Gasteiger partial charge in [0, 0.05) is 57.4 Å². The number of likely N-dealkylation sites (tertiary alicyclic amines) is 1. The molecule has 3 heterocycles. The van der Waals surface area contributed by atoms with Crippen molar-refractivity contribution in [3.8, 4) is 5.69 Å². The van der Waals surface area contributed by atoms with Crippen molar-refractivity contribution in [2.75, 3.05) is 26.8 Å². The third-order valence-electron chi connectivity index (χ3n) is 5.27.